The number of aromatic nitrogens is 3. The Kier molecular flexibility index (Phi) is 5.43. The lowest BCUT2D eigenvalue weighted by atomic mass is 9.82. The van der Waals surface area contributed by atoms with Gasteiger partial charge in [0, 0.05) is 18.2 Å². The average molecular weight is 461 g/mol. The van der Waals surface area contributed by atoms with E-state index in [1.165, 1.54) is 12.1 Å². The number of Topliss-reactive ketones (excluding diaryl/α,β-unsaturated/α-hetero) is 1. The fraction of sp³-hybridized carbons (Fsp3) is 0.269. The number of nitrogens with zero attached hydrogens (tertiary/aromatic N) is 3. The Bertz CT molecular complexity index is 1390. The summed E-state index contributed by atoms with van der Waals surface area (Å²) in [6, 6.07) is 10.0. The van der Waals surface area contributed by atoms with E-state index >= 15 is 0 Å². The summed E-state index contributed by atoms with van der Waals surface area (Å²) < 4.78 is 31.7. The van der Waals surface area contributed by atoms with Crippen LogP contribution in [0.4, 0.5) is 4.39 Å². The molecule has 0 saturated heterocycles. The maximum Gasteiger partial charge on any atom is 0.203 e. The third-order valence-corrected chi connectivity index (χ3v) is 6.38. The molecule has 2 aromatic heterocycles. The van der Waals surface area contributed by atoms with Crippen molar-refractivity contribution in [1.82, 2.24) is 14.6 Å². The fourth-order valence-corrected chi connectivity index (χ4v) is 4.73. The first-order valence-corrected chi connectivity index (χ1v) is 10.9. The van der Waals surface area contributed by atoms with Crippen molar-refractivity contribution in [2.45, 2.75) is 25.7 Å². The third kappa shape index (κ3) is 3.46. The first-order valence-electron chi connectivity index (χ1n) is 10.9. The summed E-state index contributed by atoms with van der Waals surface area (Å²) in [4.78, 5) is 17.7. The van der Waals surface area contributed by atoms with E-state index in [-0.39, 0.29) is 17.5 Å². The standard InChI is InChI=1S/C26H24FN3O4/c1-14-24(15-5-7-18(27)8-6-15)26-28-13-19-20(30(26)29-14)9-16(10-21(19)31)17-11-22(32-2)25(34-4)23(12-17)33-3/h5-8,11-13,16H,9-10H2,1-4H3/t16-/m0/s1. The second-order valence-corrected chi connectivity index (χ2v) is 8.31. The fourth-order valence-electron chi connectivity index (χ4n) is 4.73. The molecule has 174 valence electrons. The zero-order valence-corrected chi connectivity index (χ0v) is 19.4. The highest BCUT2D eigenvalue weighted by molar-refractivity contribution is 5.99. The van der Waals surface area contributed by atoms with E-state index < -0.39 is 0 Å². The van der Waals surface area contributed by atoms with Gasteiger partial charge >= 0.3 is 0 Å². The molecule has 2 heterocycles. The van der Waals surface area contributed by atoms with Gasteiger partial charge in [-0.2, -0.15) is 5.10 Å². The zero-order chi connectivity index (χ0) is 24.0. The van der Waals surface area contributed by atoms with Crippen molar-refractivity contribution in [1.29, 1.82) is 0 Å². The normalized spacial score (nSPS) is 15.3. The number of fused-ring (bicyclic) bond motifs is 3. The number of carbonyl (C=O) groups is 1. The van der Waals surface area contributed by atoms with Gasteiger partial charge in [-0.3, -0.25) is 4.79 Å². The Morgan fingerprint density at radius 1 is 1.00 bits per heavy atom. The zero-order valence-electron chi connectivity index (χ0n) is 19.4. The Morgan fingerprint density at radius 2 is 1.68 bits per heavy atom. The highest BCUT2D eigenvalue weighted by Gasteiger charge is 2.31. The van der Waals surface area contributed by atoms with E-state index in [1.54, 1.807) is 44.2 Å². The smallest absolute Gasteiger partial charge is 0.203 e. The molecule has 0 bridgehead atoms. The highest BCUT2D eigenvalue weighted by Crippen LogP contribution is 2.43. The summed E-state index contributed by atoms with van der Waals surface area (Å²) in [5.74, 6) is 1.20. The minimum absolute atomic E-state index is 0.00545. The molecule has 1 aliphatic rings. The Hall–Kier alpha value is -3.94. The van der Waals surface area contributed by atoms with Gasteiger partial charge in [0.2, 0.25) is 5.75 Å². The lowest BCUT2D eigenvalue weighted by molar-refractivity contribution is 0.0962. The molecule has 1 aliphatic carbocycles. The minimum atomic E-state index is -0.304. The summed E-state index contributed by atoms with van der Waals surface area (Å²) in [5, 5.41) is 4.72. The molecule has 34 heavy (non-hydrogen) atoms. The van der Waals surface area contributed by atoms with Crippen molar-refractivity contribution in [2.24, 2.45) is 0 Å². The van der Waals surface area contributed by atoms with Crippen LogP contribution in [0.15, 0.2) is 42.6 Å². The molecule has 4 aromatic rings. The van der Waals surface area contributed by atoms with E-state index in [0.717, 1.165) is 28.1 Å². The van der Waals surface area contributed by atoms with Gasteiger partial charge in [-0.25, -0.2) is 13.9 Å². The molecule has 0 fully saturated rings. The topological polar surface area (TPSA) is 75.0 Å². The van der Waals surface area contributed by atoms with Crippen LogP contribution in [-0.2, 0) is 6.42 Å². The number of rotatable bonds is 5. The second kappa shape index (κ2) is 8.44. The Morgan fingerprint density at radius 3 is 2.29 bits per heavy atom. The number of carbonyl (C=O) groups excluding carboxylic acids is 1. The van der Waals surface area contributed by atoms with Crippen LogP contribution in [0.3, 0.4) is 0 Å². The predicted molar refractivity (Wildman–Crippen MR) is 125 cm³/mol. The van der Waals surface area contributed by atoms with Gasteiger partial charge in [-0.05, 0) is 54.7 Å². The molecule has 0 amide bonds. The molecule has 7 nitrogen and oxygen atoms in total. The number of hydrogen-bond donors (Lipinski definition) is 0. The van der Waals surface area contributed by atoms with Crippen LogP contribution in [0.2, 0.25) is 0 Å². The van der Waals surface area contributed by atoms with Crippen LogP contribution in [0, 0.1) is 12.7 Å². The molecular weight excluding hydrogens is 437 g/mol. The second-order valence-electron chi connectivity index (χ2n) is 8.31. The molecule has 0 aliphatic heterocycles. The molecular formula is C26H24FN3O4. The number of benzene rings is 2. The quantitative estimate of drug-likeness (QED) is 0.426. The molecule has 0 spiro atoms. The van der Waals surface area contributed by atoms with Crippen molar-refractivity contribution in [3.63, 3.8) is 0 Å². The van der Waals surface area contributed by atoms with Gasteiger partial charge in [-0.15, -0.1) is 0 Å². The van der Waals surface area contributed by atoms with Gasteiger partial charge in [-0.1, -0.05) is 12.1 Å². The van der Waals surface area contributed by atoms with Crippen molar-refractivity contribution < 1.29 is 23.4 Å². The maximum absolute atomic E-state index is 13.5. The van der Waals surface area contributed by atoms with E-state index in [1.807, 2.05) is 19.1 Å². The number of ketones is 1. The van der Waals surface area contributed by atoms with Crippen LogP contribution in [0.25, 0.3) is 16.8 Å². The Labute approximate surface area is 196 Å². The van der Waals surface area contributed by atoms with Crippen LogP contribution >= 0.6 is 0 Å². The monoisotopic (exact) mass is 461 g/mol. The van der Waals surface area contributed by atoms with Gasteiger partial charge < -0.3 is 14.2 Å². The number of hydrogen-bond acceptors (Lipinski definition) is 6. The molecule has 0 N–H and O–H groups in total. The third-order valence-electron chi connectivity index (χ3n) is 6.38. The molecule has 0 saturated carbocycles. The molecule has 0 unspecified atom stereocenters. The van der Waals surface area contributed by atoms with Crippen LogP contribution in [0.5, 0.6) is 17.2 Å². The minimum Gasteiger partial charge on any atom is -0.493 e. The van der Waals surface area contributed by atoms with Crippen molar-refractivity contribution in [3.8, 4) is 28.4 Å². The van der Waals surface area contributed by atoms with E-state index in [4.69, 9.17) is 19.3 Å². The van der Waals surface area contributed by atoms with Gasteiger partial charge in [0.1, 0.15) is 5.82 Å². The maximum atomic E-state index is 13.5. The van der Waals surface area contributed by atoms with E-state index in [0.29, 0.717) is 41.3 Å². The predicted octanol–water partition coefficient (Wildman–Crippen LogP) is 4.78. The number of methoxy groups -OCH3 is 3. The highest BCUT2D eigenvalue weighted by atomic mass is 19.1. The van der Waals surface area contributed by atoms with Crippen molar-refractivity contribution in [2.75, 3.05) is 21.3 Å². The summed E-state index contributed by atoms with van der Waals surface area (Å²) in [6.45, 7) is 1.89. The first kappa shape index (κ1) is 21.9. The van der Waals surface area contributed by atoms with E-state index in [9.17, 15) is 9.18 Å². The number of ether oxygens (including phenoxy) is 3. The number of aryl methyl sites for hydroxylation is 1. The van der Waals surface area contributed by atoms with Crippen molar-refractivity contribution in [3.05, 3.63) is 70.9 Å². The molecule has 8 heteroatoms. The summed E-state index contributed by atoms with van der Waals surface area (Å²) in [5.41, 5.74) is 5.34. The summed E-state index contributed by atoms with van der Waals surface area (Å²) in [7, 11) is 4.70. The van der Waals surface area contributed by atoms with Gasteiger partial charge in [0.15, 0.2) is 22.9 Å². The average Bonchev–Trinajstić information content (AvgIpc) is 3.19. The molecule has 1 atom stereocenters. The lowest BCUT2D eigenvalue weighted by Gasteiger charge is -2.25. The molecule has 2 aromatic carbocycles. The lowest BCUT2D eigenvalue weighted by Crippen LogP contribution is -2.22. The molecule has 5 rings (SSSR count). The van der Waals surface area contributed by atoms with E-state index in [2.05, 4.69) is 4.98 Å². The van der Waals surface area contributed by atoms with Crippen molar-refractivity contribution >= 4 is 11.4 Å². The SMILES string of the molecule is COc1cc([C@@H]2CC(=O)c3cnc4c(-c5ccc(F)cc5)c(C)nn4c3C2)cc(OC)c1OC. The van der Waals surface area contributed by atoms with Crippen LogP contribution in [-0.4, -0.2) is 41.7 Å². The summed E-state index contributed by atoms with van der Waals surface area (Å²) in [6.07, 6.45) is 2.55. The van der Waals surface area contributed by atoms with Gasteiger partial charge in [0.25, 0.3) is 0 Å². The van der Waals surface area contributed by atoms with Crippen LogP contribution < -0.4 is 14.2 Å². The number of halogens is 1. The Balaban J connectivity index is 1.62. The first-order chi connectivity index (χ1) is 16.4. The van der Waals surface area contributed by atoms with Crippen LogP contribution in [0.1, 0.15) is 39.6 Å². The molecule has 0 radical (unpaired) electrons. The summed E-state index contributed by atoms with van der Waals surface area (Å²) >= 11 is 0. The van der Waals surface area contributed by atoms with Gasteiger partial charge in [0.05, 0.1) is 38.3 Å². The largest absolute Gasteiger partial charge is 0.493 e.